The van der Waals surface area contributed by atoms with Gasteiger partial charge in [-0.25, -0.2) is 0 Å². The van der Waals surface area contributed by atoms with Gasteiger partial charge in [0.2, 0.25) is 5.91 Å². The van der Waals surface area contributed by atoms with Gasteiger partial charge in [-0.05, 0) is 43.2 Å². The molecule has 1 heterocycles. The molecule has 0 radical (unpaired) electrons. The molecule has 1 aromatic heterocycles. The Morgan fingerprint density at radius 3 is 2.67 bits per heavy atom. The highest BCUT2D eigenvalue weighted by Gasteiger charge is 2.12. The summed E-state index contributed by atoms with van der Waals surface area (Å²) in [5, 5.41) is 5.63. The van der Waals surface area contributed by atoms with Crippen LogP contribution in [0.4, 0.5) is 5.69 Å². The molecule has 0 saturated carbocycles. The van der Waals surface area contributed by atoms with Gasteiger partial charge in [0.1, 0.15) is 0 Å². The molecule has 0 saturated heterocycles. The summed E-state index contributed by atoms with van der Waals surface area (Å²) in [6.07, 6.45) is 1.39. The van der Waals surface area contributed by atoms with Gasteiger partial charge in [0.15, 0.2) is 5.76 Å². The second kappa shape index (κ2) is 6.45. The average molecular weight is 307 g/mol. The van der Waals surface area contributed by atoms with Gasteiger partial charge in [0, 0.05) is 0 Å². The van der Waals surface area contributed by atoms with E-state index >= 15 is 0 Å². The van der Waals surface area contributed by atoms with E-state index in [0.29, 0.717) is 10.7 Å². The Labute approximate surface area is 127 Å². The van der Waals surface area contributed by atoms with E-state index in [9.17, 15) is 9.59 Å². The normalized spacial score (nSPS) is 10.2. The Morgan fingerprint density at radius 2 is 2.05 bits per heavy atom. The van der Waals surface area contributed by atoms with Crippen LogP contribution in [0.1, 0.15) is 21.7 Å². The zero-order valence-electron chi connectivity index (χ0n) is 11.7. The number of nitrogens with one attached hydrogen (secondary N) is 2. The summed E-state index contributed by atoms with van der Waals surface area (Å²) in [4.78, 5) is 23.5. The van der Waals surface area contributed by atoms with Gasteiger partial charge in [-0.2, -0.15) is 0 Å². The molecular weight excluding hydrogens is 292 g/mol. The number of anilines is 1. The maximum Gasteiger partial charge on any atom is 0.287 e. The van der Waals surface area contributed by atoms with E-state index in [4.69, 9.17) is 16.0 Å². The lowest BCUT2D eigenvalue weighted by Gasteiger charge is -2.11. The Hall–Kier alpha value is -2.27. The first-order valence-corrected chi connectivity index (χ1v) is 6.73. The van der Waals surface area contributed by atoms with E-state index < -0.39 is 5.91 Å². The van der Waals surface area contributed by atoms with E-state index in [0.717, 1.165) is 11.1 Å². The van der Waals surface area contributed by atoms with Crippen LogP contribution in [-0.2, 0) is 4.79 Å². The molecule has 0 unspecified atom stereocenters. The van der Waals surface area contributed by atoms with Crippen LogP contribution in [0.3, 0.4) is 0 Å². The molecule has 0 aliphatic carbocycles. The molecule has 2 N–H and O–H groups in total. The van der Waals surface area contributed by atoms with Gasteiger partial charge in [-0.3, -0.25) is 9.59 Å². The smallest absolute Gasteiger partial charge is 0.287 e. The van der Waals surface area contributed by atoms with Crippen molar-refractivity contribution in [1.29, 1.82) is 0 Å². The molecule has 2 rings (SSSR count). The summed E-state index contributed by atoms with van der Waals surface area (Å²) in [6.45, 7) is 3.62. The Balaban J connectivity index is 1.95. The van der Waals surface area contributed by atoms with Crippen molar-refractivity contribution in [3.05, 3.63) is 52.4 Å². The van der Waals surface area contributed by atoms with Crippen molar-refractivity contribution < 1.29 is 14.0 Å². The molecule has 0 aliphatic rings. The average Bonchev–Trinajstić information content (AvgIpc) is 2.94. The number of rotatable bonds is 4. The monoisotopic (exact) mass is 306 g/mol. The SMILES string of the molecule is Cc1cc(C)c(NC(=O)CNC(=O)c2ccco2)c(Cl)c1. The minimum Gasteiger partial charge on any atom is -0.459 e. The van der Waals surface area contributed by atoms with Crippen LogP contribution >= 0.6 is 11.6 Å². The molecule has 21 heavy (non-hydrogen) atoms. The fourth-order valence-corrected chi connectivity index (χ4v) is 2.28. The van der Waals surface area contributed by atoms with Gasteiger partial charge in [-0.15, -0.1) is 0 Å². The van der Waals surface area contributed by atoms with Crippen LogP contribution in [0, 0.1) is 13.8 Å². The molecule has 0 bridgehead atoms. The van der Waals surface area contributed by atoms with Crippen LogP contribution in [0.25, 0.3) is 0 Å². The number of furan rings is 1. The van der Waals surface area contributed by atoms with E-state index in [-0.39, 0.29) is 18.2 Å². The molecule has 6 heteroatoms. The quantitative estimate of drug-likeness (QED) is 0.912. The minimum absolute atomic E-state index is 0.160. The highest BCUT2D eigenvalue weighted by atomic mass is 35.5. The van der Waals surface area contributed by atoms with Gasteiger partial charge >= 0.3 is 0 Å². The zero-order chi connectivity index (χ0) is 15.4. The Bertz CT molecular complexity index is 643. The molecule has 0 aliphatic heterocycles. The fourth-order valence-electron chi connectivity index (χ4n) is 1.91. The summed E-state index contributed by atoms with van der Waals surface area (Å²) in [5.74, 6) is -0.641. The summed E-state index contributed by atoms with van der Waals surface area (Å²) in [5.41, 5.74) is 2.44. The second-order valence-electron chi connectivity index (χ2n) is 4.65. The van der Waals surface area contributed by atoms with Crippen molar-refractivity contribution in [2.75, 3.05) is 11.9 Å². The number of hydrogen-bond donors (Lipinski definition) is 2. The van der Waals surface area contributed by atoms with E-state index in [2.05, 4.69) is 10.6 Å². The van der Waals surface area contributed by atoms with Crippen molar-refractivity contribution in [2.45, 2.75) is 13.8 Å². The molecule has 1 aromatic carbocycles. The van der Waals surface area contributed by atoms with E-state index in [1.165, 1.54) is 12.3 Å². The summed E-state index contributed by atoms with van der Waals surface area (Å²) in [6, 6.07) is 6.81. The summed E-state index contributed by atoms with van der Waals surface area (Å²) < 4.78 is 4.93. The number of carbonyl (C=O) groups is 2. The minimum atomic E-state index is -0.443. The first-order chi connectivity index (χ1) is 9.97. The highest BCUT2D eigenvalue weighted by Crippen LogP contribution is 2.27. The van der Waals surface area contributed by atoms with Crippen molar-refractivity contribution >= 4 is 29.1 Å². The number of carbonyl (C=O) groups excluding carboxylic acids is 2. The van der Waals surface area contributed by atoms with Crippen LogP contribution in [0.15, 0.2) is 34.9 Å². The van der Waals surface area contributed by atoms with Crippen molar-refractivity contribution in [3.8, 4) is 0 Å². The van der Waals surface area contributed by atoms with Crippen molar-refractivity contribution in [3.63, 3.8) is 0 Å². The highest BCUT2D eigenvalue weighted by molar-refractivity contribution is 6.34. The maximum absolute atomic E-state index is 11.9. The lowest BCUT2D eigenvalue weighted by molar-refractivity contribution is -0.115. The number of hydrogen-bond acceptors (Lipinski definition) is 3. The van der Waals surface area contributed by atoms with Gasteiger partial charge < -0.3 is 15.1 Å². The summed E-state index contributed by atoms with van der Waals surface area (Å²) >= 11 is 6.11. The van der Waals surface area contributed by atoms with Crippen LogP contribution < -0.4 is 10.6 Å². The maximum atomic E-state index is 11.9. The second-order valence-corrected chi connectivity index (χ2v) is 5.05. The van der Waals surface area contributed by atoms with Gasteiger partial charge in [0.05, 0.1) is 23.5 Å². The van der Waals surface area contributed by atoms with Crippen molar-refractivity contribution in [2.24, 2.45) is 0 Å². The molecule has 0 atom stereocenters. The number of benzene rings is 1. The number of amides is 2. The number of halogens is 1. The standard InChI is InChI=1S/C15H15ClN2O3/c1-9-6-10(2)14(11(16)7-9)18-13(19)8-17-15(20)12-4-3-5-21-12/h3-7H,8H2,1-2H3,(H,17,20)(H,18,19). The predicted molar refractivity (Wildman–Crippen MR) is 80.6 cm³/mol. The predicted octanol–water partition coefficient (Wildman–Crippen LogP) is 2.92. The molecule has 0 fully saturated rings. The zero-order valence-corrected chi connectivity index (χ0v) is 12.5. The van der Waals surface area contributed by atoms with Crippen LogP contribution in [-0.4, -0.2) is 18.4 Å². The topological polar surface area (TPSA) is 71.3 Å². The van der Waals surface area contributed by atoms with Gasteiger partial charge in [-0.1, -0.05) is 17.7 Å². The Morgan fingerprint density at radius 1 is 1.29 bits per heavy atom. The first kappa shape index (κ1) is 15.1. The Kier molecular flexibility index (Phi) is 4.65. The largest absolute Gasteiger partial charge is 0.459 e. The molecule has 2 aromatic rings. The van der Waals surface area contributed by atoms with Crippen LogP contribution in [0.5, 0.6) is 0 Å². The lowest BCUT2D eigenvalue weighted by atomic mass is 10.1. The molecule has 2 amide bonds. The third-order valence-corrected chi connectivity index (χ3v) is 3.15. The molecule has 110 valence electrons. The van der Waals surface area contributed by atoms with Gasteiger partial charge in [0.25, 0.3) is 5.91 Å². The third kappa shape index (κ3) is 3.86. The fraction of sp³-hybridized carbons (Fsp3) is 0.200. The summed E-state index contributed by atoms with van der Waals surface area (Å²) in [7, 11) is 0. The molecular formula is C15H15ClN2O3. The van der Waals surface area contributed by atoms with Crippen molar-refractivity contribution in [1.82, 2.24) is 5.32 Å². The third-order valence-electron chi connectivity index (χ3n) is 2.85. The number of aryl methyl sites for hydroxylation is 2. The van der Waals surface area contributed by atoms with Crippen LogP contribution in [0.2, 0.25) is 5.02 Å². The van der Waals surface area contributed by atoms with E-state index in [1.807, 2.05) is 19.9 Å². The molecule has 0 spiro atoms. The molecule has 5 nitrogen and oxygen atoms in total. The first-order valence-electron chi connectivity index (χ1n) is 6.35. The lowest BCUT2D eigenvalue weighted by Crippen LogP contribution is -2.32. The van der Waals surface area contributed by atoms with E-state index in [1.54, 1.807) is 12.1 Å².